The maximum atomic E-state index is 10.7. The second-order valence-electron chi connectivity index (χ2n) is 3.45. The number of nitrogens with zero attached hydrogens (tertiary/aromatic N) is 1. The van der Waals surface area contributed by atoms with E-state index in [1.165, 1.54) is 25.3 Å². The van der Waals surface area contributed by atoms with Crippen molar-refractivity contribution < 1.29 is 19.7 Å². The van der Waals surface area contributed by atoms with Crippen LogP contribution >= 0.6 is 11.6 Å². The standard InChI is InChI=1S/C11H9ClN2O4/c1-18-10-6(12)3-2-5(9(10)15)7-4-8(11(16)17)14-13-7/h2-4,15H,1H3,(H,13,14)(H,16,17). The smallest absolute Gasteiger partial charge is 0.353 e. The molecule has 0 aliphatic rings. The third-order valence-electron chi connectivity index (χ3n) is 2.37. The summed E-state index contributed by atoms with van der Waals surface area (Å²) < 4.78 is 4.96. The van der Waals surface area contributed by atoms with Gasteiger partial charge in [0.05, 0.1) is 17.8 Å². The number of methoxy groups -OCH3 is 1. The summed E-state index contributed by atoms with van der Waals surface area (Å²) >= 11 is 5.84. The molecule has 7 heteroatoms. The number of carboxylic acids is 1. The first-order valence-corrected chi connectivity index (χ1v) is 5.27. The van der Waals surface area contributed by atoms with Gasteiger partial charge in [0.25, 0.3) is 0 Å². The Balaban J connectivity index is 2.53. The van der Waals surface area contributed by atoms with E-state index >= 15 is 0 Å². The minimum Gasteiger partial charge on any atom is -0.504 e. The Morgan fingerprint density at radius 1 is 1.50 bits per heavy atom. The molecule has 0 bridgehead atoms. The minimum atomic E-state index is -1.13. The third-order valence-corrected chi connectivity index (χ3v) is 2.67. The van der Waals surface area contributed by atoms with Gasteiger partial charge in [-0.2, -0.15) is 5.10 Å². The Kier molecular flexibility index (Phi) is 3.12. The van der Waals surface area contributed by atoms with Crippen LogP contribution in [0, 0.1) is 0 Å². The number of rotatable bonds is 3. The van der Waals surface area contributed by atoms with E-state index in [0.29, 0.717) is 11.3 Å². The van der Waals surface area contributed by atoms with Crippen LogP contribution in [0.2, 0.25) is 5.02 Å². The molecule has 1 aromatic carbocycles. The monoisotopic (exact) mass is 268 g/mol. The molecule has 0 unspecified atom stereocenters. The Labute approximate surface area is 107 Å². The highest BCUT2D eigenvalue weighted by Crippen LogP contribution is 2.41. The summed E-state index contributed by atoms with van der Waals surface area (Å²) in [5.74, 6) is -1.20. The van der Waals surface area contributed by atoms with Crippen LogP contribution < -0.4 is 4.74 Å². The van der Waals surface area contributed by atoms with Crippen LogP contribution in [0.5, 0.6) is 11.5 Å². The van der Waals surface area contributed by atoms with Gasteiger partial charge in [0, 0.05) is 5.56 Å². The first-order chi connectivity index (χ1) is 8.54. The molecule has 0 amide bonds. The van der Waals surface area contributed by atoms with Gasteiger partial charge < -0.3 is 14.9 Å². The topological polar surface area (TPSA) is 95.4 Å². The second kappa shape index (κ2) is 4.58. The summed E-state index contributed by atoms with van der Waals surface area (Å²) in [5.41, 5.74) is 0.554. The van der Waals surface area contributed by atoms with E-state index in [4.69, 9.17) is 21.4 Å². The molecule has 1 heterocycles. The number of halogens is 1. The van der Waals surface area contributed by atoms with Crippen molar-refractivity contribution in [2.24, 2.45) is 0 Å². The number of phenols is 1. The number of benzene rings is 1. The van der Waals surface area contributed by atoms with E-state index in [1.807, 2.05) is 0 Å². The maximum Gasteiger partial charge on any atom is 0.353 e. The van der Waals surface area contributed by atoms with Crippen LogP contribution in [-0.2, 0) is 0 Å². The largest absolute Gasteiger partial charge is 0.504 e. The molecule has 6 nitrogen and oxygen atoms in total. The van der Waals surface area contributed by atoms with E-state index < -0.39 is 5.97 Å². The predicted molar refractivity (Wildman–Crippen MR) is 64.2 cm³/mol. The Morgan fingerprint density at radius 2 is 2.22 bits per heavy atom. The Bertz CT molecular complexity index is 609. The van der Waals surface area contributed by atoms with Gasteiger partial charge in [-0.25, -0.2) is 4.79 Å². The summed E-state index contributed by atoms with van der Waals surface area (Å²) in [5, 5.41) is 25.2. The number of hydrogen-bond acceptors (Lipinski definition) is 4. The highest BCUT2D eigenvalue weighted by atomic mass is 35.5. The zero-order valence-electron chi connectivity index (χ0n) is 9.27. The fraction of sp³-hybridized carbons (Fsp3) is 0.0909. The van der Waals surface area contributed by atoms with Gasteiger partial charge >= 0.3 is 5.97 Å². The lowest BCUT2D eigenvalue weighted by molar-refractivity contribution is 0.0690. The van der Waals surface area contributed by atoms with Crippen LogP contribution in [0.1, 0.15) is 10.5 Å². The summed E-state index contributed by atoms with van der Waals surface area (Å²) in [6.45, 7) is 0. The maximum absolute atomic E-state index is 10.7. The molecule has 0 fully saturated rings. The molecule has 0 atom stereocenters. The second-order valence-corrected chi connectivity index (χ2v) is 3.86. The first-order valence-electron chi connectivity index (χ1n) is 4.89. The zero-order valence-corrected chi connectivity index (χ0v) is 10.0. The number of aromatic amines is 1. The SMILES string of the molecule is COc1c(Cl)ccc(-c2cc(C(=O)O)[nH]n2)c1O. The Hall–Kier alpha value is -2.21. The number of phenolic OH excluding ortho intramolecular Hbond substituents is 1. The lowest BCUT2D eigenvalue weighted by Crippen LogP contribution is -1.95. The van der Waals surface area contributed by atoms with Crippen LogP contribution in [-0.4, -0.2) is 33.5 Å². The van der Waals surface area contributed by atoms with Gasteiger partial charge in [-0.1, -0.05) is 11.6 Å². The number of aromatic hydroxyl groups is 1. The van der Waals surface area contributed by atoms with Gasteiger partial charge in [0.2, 0.25) is 0 Å². The fourth-order valence-corrected chi connectivity index (χ4v) is 1.75. The number of aromatic nitrogens is 2. The summed E-state index contributed by atoms with van der Waals surface area (Å²) in [6, 6.07) is 4.37. The minimum absolute atomic E-state index is 0.0710. The lowest BCUT2D eigenvalue weighted by Gasteiger charge is -2.08. The predicted octanol–water partition coefficient (Wildman–Crippen LogP) is 2.14. The van der Waals surface area contributed by atoms with Crippen LogP contribution in [0.4, 0.5) is 0 Å². The first kappa shape index (κ1) is 12.3. The molecule has 0 spiro atoms. The molecule has 0 aliphatic heterocycles. The lowest BCUT2D eigenvalue weighted by atomic mass is 10.1. The Morgan fingerprint density at radius 3 is 2.78 bits per heavy atom. The molecule has 0 saturated heterocycles. The van der Waals surface area contributed by atoms with E-state index in [2.05, 4.69) is 10.2 Å². The number of ether oxygens (including phenoxy) is 1. The number of aromatic carboxylic acids is 1. The fourth-order valence-electron chi connectivity index (χ4n) is 1.52. The average Bonchev–Trinajstić information content (AvgIpc) is 2.79. The quantitative estimate of drug-likeness (QED) is 0.793. The number of hydrogen-bond donors (Lipinski definition) is 3. The van der Waals surface area contributed by atoms with Crippen molar-refractivity contribution in [3.63, 3.8) is 0 Å². The summed E-state index contributed by atoms with van der Waals surface area (Å²) in [6.07, 6.45) is 0. The van der Waals surface area contributed by atoms with Crippen molar-refractivity contribution in [3.05, 3.63) is 28.9 Å². The van der Waals surface area contributed by atoms with Crippen molar-refractivity contribution in [1.82, 2.24) is 10.2 Å². The highest BCUT2D eigenvalue weighted by Gasteiger charge is 2.17. The van der Waals surface area contributed by atoms with E-state index in [0.717, 1.165) is 0 Å². The summed E-state index contributed by atoms with van der Waals surface area (Å²) in [4.78, 5) is 10.7. The van der Waals surface area contributed by atoms with Gasteiger partial charge in [-0.15, -0.1) is 0 Å². The van der Waals surface area contributed by atoms with Crippen molar-refractivity contribution in [2.45, 2.75) is 0 Å². The van der Waals surface area contributed by atoms with E-state index in [-0.39, 0.29) is 22.2 Å². The average molecular weight is 269 g/mol. The van der Waals surface area contributed by atoms with Crippen molar-refractivity contribution in [2.75, 3.05) is 7.11 Å². The van der Waals surface area contributed by atoms with Crippen molar-refractivity contribution in [1.29, 1.82) is 0 Å². The van der Waals surface area contributed by atoms with Crippen LogP contribution in [0.25, 0.3) is 11.3 Å². The van der Waals surface area contributed by atoms with Gasteiger partial charge in [-0.3, -0.25) is 5.10 Å². The van der Waals surface area contributed by atoms with E-state index in [9.17, 15) is 9.90 Å². The number of carboxylic acid groups (broad SMARTS) is 1. The van der Waals surface area contributed by atoms with Gasteiger partial charge in [0.15, 0.2) is 11.5 Å². The molecule has 1 aromatic heterocycles. The molecule has 94 valence electrons. The molecule has 2 aromatic rings. The van der Waals surface area contributed by atoms with Gasteiger partial charge in [-0.05, 0) is 18.2 Å². The third kappa shape index (κ3) is 1.98. The van der Waals surface area contributed by atoms with Crippen molar-refractivity contribution >= 4 is 17.6 Å². The van der Waals surface area contributed by atoms with Crippen LogP contribution in [0.3, 0.4) is 0 Å². The number of nitrogens with one attached hydrogen (secondary N) is 1. The molecule has 0 aliphatic carbocycles. The van der Waals surface area contributed by atoms with Crippen LogP contribution in [0.15, 0.2) is 18.2 Å². The molecular weight excluding hydrogens is 260 g/mol. The molecule has 0 radical (unpaired) electrons. The number of H-pyrrole nitrogens is 1. The van der Waals surface area contributed by atoms with Gasteiger partial charge in [0.1, 0.15) is 5.69 Å². The van der Waals surface area contributed by atoms with E-state index in [1.54, 1.807) is 0 Å². The normalized spacial score (nSPS) is 10.3. The molecule has 0 saturated carbocycles. The highest BCUT2D eigenvalue weighted by molar-refractivity contribution is 6.32. The van der Waals surface area contributed by atoms with Crippen molar-refractivity contribution in [3.8, 4) is 22.8 Å². The zero-order chi connectivity index (χ0) is 13.3. The number of carbonyl (C=O) groups is 1. The molecular formula is C11H9ClN2O4. The molecule has 3 N–H and O–H groups in total. The molecule has 2 rings (SSSR count). The molecule has 18 heavy (non-hydrogen) atoms. The summed E-state index contributed by atoms with van der Waals surface area (Å²) in [7, 11) is 1.37.